The Morgan fingerprint density at radius 3 is 2.29 bits per heavy atom. The molecule has 5 nitrogen and oxygen atoms in total. The van der Waals surface area contributed by atoms with Gasteiger partial charge in [0.2, 0.25) is 0 Å². The number of aliphatic hydroxyl groups is 3. The monoisotopic (exact) mass is 239 g/mol. The molecule has 94 valence electrons. The molecule has 0 saturated carbocycles. The number of ketones is 1. The minimum Gasteiger partial charge on any atom is -0.396 e. The molecule has 5 heteroatoms. The number of benzene rings is 1. The highest BCUT2D eigenvalue weighted by Gasteiger charge is 2.17. The van der Waals surface area contributed by atoms with Gasteiger partial charge in [-0.25, -0.2) is 0 Å². The molecule has 0 bridgehead atoms. The van der Waals surface area contributed by atoms with Gasteiger partial charge in [-0.2, -0.15) is 0 Å². The number of nitrogens with two attached hydrogens (primary N) is 1. The molecule has 0 aliphatic rings. The fraction of sp³-hybridized carbons (Fsp3) is 0.417. The molecular weight excluding hydrogens is 222 g/mol. The number of carbonyl (C=O) groups is 1. The third-order valence-corrected chi connectivity index (χ3v) is 2.55. The Kier molecular flexibility index (Phi) is 5.24. The zero-order chi connectivity index (χ0) is 12.8. The van der Waals surface area contributed by atoms with E-state index in [9.17, 15) is 15.0 Å². The van der Waals surface area contributed by atoms with Gasteiger partial charge in [0.25, 0.3) is 0 Å². The number of hydrogen-bond acceptors (Lipinski definition) is 5. The molecule has 0 aromatic heterocycles. The molecule has 2 atom stereocenters. The number of carbonyl (C=O) groups excluding carboxylic acids is 1. The fourth-order valence-corrected chi connectivity index (χ4v) is 1.50. The van der Waals surface area contributed by atoms with Crippen molar-refractivity contribution in [1.29, 1.82) is 0 Å². The zero-order valence-electron chi connectivity index (χ0n) is 9.41. The average Bonchev–Trinajstić information content (AvgIpc) is 2.37. The van der Waals surface area contributed by atoms with Crippen LogP contribution in [-0.4, -0.2) is 40.4 Å². The van der Waals surface area contributed by atoms with Crippen molar-refractivity contribution in [3.05, 3.63) is 35.4 Å². The summed E-state index contributed by atoms with van der Waals surface area (Å²) < 4.78 is 0. The molecule has 1 rings (SSSR count). The molecule has 0 aliphatic heterocycles. The molecule has 17 heavy (non-hydrogen) atoms. The van der Waals surface area contributed by atoms with Crippen LogP contribution in [0.2, 0.25) is 0 Å². The Morgan fingerprint density at radius 1 is 1.24 bits per heavy atom. The van der Waals surface area contributed by atoms with Crippen molar-refractivity contribution in [3.63, 3.8) is 0 Å². The van der Waals surface area contributed by atoms with Crippen LogP contribution in [0.15, 0.2) is 24.3 Å². The van der Waals surface area contributed by atoms with Crippen LogP contribution in [0.25, 0.3) is 0 Å². The van der Waals surface area contributed by atoms with Crippen molar-refractivity contribution in [3.8, 4) is 0 Å². The van der Waals surface area contributed by atoms with Gasteiger partial charge in [0.15, 0.2) is 5.78 Å². The van der Waals surface area contributed by atoms with Gasteiger partial charge in [0.05, 0.1) is 12.6 Å². The molecule has 0 amide bonds. The molecule has 0 aliphatic carbocycles. The van der Waals surface area contributed by atoms with Crippen LogP contribution in [0.1, 0.15) is 28.4 Å². The van der Waals surface area contributed by atoms with E-state index in [1.807, 2.05) is 0 Å². The molecule has 1 aromatic carbocycles. The van der Waals surface area contributed by atoms with Gasteiger partial charge in [0.1, 0.15) is 6.10 Å². The van der Waals surface area contributed by atoms with Crippen LogP contribution in [-0.2, 0) is 0 Å². The van der Waals surface area contributed by atoms with Crippen molar-refractivity contribution < 1.29 is 20.1 Å². The third-order valence-electron chi connectivity index (χ3n) is 2.55. The van der Waals surface area contributed by atoms with Crippen LogP contribution < -0.4 is 5.73 Å². The number of Topliss-reactive ketones (excluding diaryl/α,β-unsaturated/α-hetero) is 1. The predicted molar refractivity (Wildman–Crippen MR) is 62.5 cm³/mol. The Hall–Kier alpha value is -1.27. The standard InChI is InChI=1S/C12H17NO4/c13-7-11(16)8-1-3-9(4-2-8)12(17)10(15)5-6-14/h1-4,10,12,14-15,17H,5-7,13H2. The van der Waals surface area contributed by atoms with E-state index in [4.69, 9.17) is 10.8 Å². The van der Waals surface area contributed by atoms with Gasteiger partial charge in [-0.05, 0) is 12.0 Å². The summed E-state index contributed by atoms with van der Waals surface area (Å²) in [6.07, 6.45) is -1.98. The largest absolute Gasteiger partial charge is 0.396 e. The second-order valence-corrected chi connectivity index (χ2v) is 3.77. The van der Waals surface area contributed by atoms with Crippen molar-refractivity contribution in [2.24, 2.45) is 5.73 Å². The Bertz CT molecular complexity index is 363. The molecule has 0 saturated heterocycles. The summed E-state index contributed by atoms with van der Waals surface area (Å²) in [4.78, 5) is 11.3. The summed E-state index contributed by atoms with van der Waals surface area (Å²) in [5.41, 5.74) is 6.19. The Labute approximate surface area is 99.5 Å². The van der Waals surface area contributed by atoms with Crippen molar-refractivity contribution in [2.75, 3.05) is 13.2 Å². The number of hydrogen-bond donors (Lipinski definition) is 4. The first-order valence-corrected chi connectivity index (χ1v) is 5.40. The van der Waals surface area contributed by atoms with Crippen LogP contribution in [0, 0.1) is 0 Å². The van der Waals surface area contributed by atoms with E-state index < -0.39 is 12.2 Å². The van der Waals surface area contributed by atoms with E-state index in [-0.39, 0.29) is 25.4 Å². The SMILES string of the molecule is NCC(=O)c1ccc(C(O)C(O)CCO)cc1. The summed E-state index contributed by atoms with van der Waals surface area (Å²) in [6, 6.07) is 6.24. The number of rotatable bonds is 6. The van der Waals surface area contributed by atoms with Gasteiger partial charge in [0, 0.05) is 12.2 Å². The highest BCUT2D eigenvalue weighted by molar-refractivity contribution is 5.97. The molecule has 1 aromatic rings. The topological polar surface area (TPSA) is 104 Å². The van der Waals surface area contributed by atoms with Crippen LogP contribution >= 0.6 is 0 Å². The summed E-state index contributed by atoms with van der Waals surface area (Å²) in [7, 11) is 0. The first kappa shape index (κ1) is 13.8. The lowest BCUT2D eigenvalue weighted by Crippen LogP contribution is -2.19. The molecule has 0 fully saturated rings. The smallest absolute Gasteiger partial charge is 0.176 e. The zero-order valence-corrected chi connectivity index (χ0v) is 9.41. The lowest BCUT2D eigenvalue weighted by atomic mass is 10.00. The highest BCUT2D eigenvalue weighted by atomic mass is 16.3. The van der Waals surface area contributed by atoms with Crippen molar-refractivity contribution in [1.82, 2.24) is 0 Å². The summed E-state index contributed by atoms with van der Waals surface area (Å²) in [5, 5.41) is 27.9. The Morgan fingerprint density at radius 2 is 1.82 bits per heavy atom. The van der Waals surface area contributed by atoms with E-state index in [1.165, 1.54) is 0 Å². The fourth-order valence-electron chi connectivity index (χ4n) is 1.50. The minimum absolute atomic E-state index is 0.0605. The van der Waals surface area contributed by atoms with Gasteiger partial charge >= 0.3 is 0 Å². The average molecular weight is 239 g/mol. The van der Waals surface area contributed by atoms with Gasteiger partial charge in [-0.15, -0.1) is 0 Å². The summed E-state index contributed by atoms with van der Waals surface area (Å²) in [6.45, 7) is -0.253. The predicted octanol–water partition coefficient (Wildman–Crippen LogP) is -0.395. The van der Waals surface area contributed by atoms with Gasteiger partial charge < -0.3 is 21.1 Å². The quantitative estimate of drug-likeness (QED) is 0.506. The second kappa shape index (κ2) is 6.46. The molecule has 2 unspecified atom stereocenters. The maximum Gasteiger partial charge on any atom is 0.176 e. The molecule has 0 heterocycles. The maximum atomic E-state index is 11.3. The molecule has 5 N–H and O–H groups in total. The Balaban J connectivity index is 2.76. The first-order chi connectivity index (χ1) is 8.10. The van der Waals surface area contributed by atoms with E-state index in [0.29, 0.717) is 11.1 Å². The van der Waals surface area contributed by atoms with Gasteiger partial charge in [-0.3, -0.25) is 4.79 Å². The van der Waals surface area contributed by atoms with Crippen molar-refractivity contribution >= 4 is 5.78 Å². The van der Waals surface area contributed by atoms with Crippen molar-refractivity contribution in [2.45, 2.75) is 18.6 Å². The van der Waals surface area contributed by atoms with E-state index in [1.54, 1.807) is 24.3 Å². The molecule has 0 spiro atoms. The maximum absolute atomic E-state index is 11.3. The molecule has 0 radical (unpaired) electrons. The van der Waals surface area contributed by atoms with E-state index >= 15 is 0 Å². The second-order valence-electron chi connectivity index (χ2n) is 3.77. The third kappa shape index (κ3) is 3.61. The highest BCUT2D eigenvalue weighted by Crippen LogP contribution is 2.19. The number of aliphatic hydroxyl groups excluding tert-OH is 3. The first-order valence-electron chi connectivity index (χ1n) is 5.40. The minimum atomic E-state index is -1.07. The van der Waals surface area contributed by atoms with Crippen LogP contribution in [0.5, 0.6) is 0 Å². The van der Waals surface area contributed by atoms with E-state index in [0.717, 1.165) is 0 Å². The van der Waals surface area contributed by atoms with Crippen LogP contribution in [0.3, 0.4) is 0 Å². The van der Waals surface area contributed by atoms with Crippen LogP contribution in [0.4, 0.5) is 0 Å². The molecular formula is C12H17NO4. The lowest BCUT2D eigenvalue weighted by Gasteiger charge is -2.17. The summed E-state index contributed by atoms with van der Waals surface area (Å²) >= 11 is 0. The normalized spacial score (nSPS) is 14.4. The lowest BCUT2D eigenvalue weighted by molar-refractivity contribution is 0.00421. The van der Waals surface area contributed by atoms with E-state index in [2.05, 4.69) is 0 Å². The summed E-state index contributed by atoms with van der Waals surface area (Å²) in [5.74, 6) is -0.179. The van der Waals surface area contributed by atoms with Gasteiger partial charge in [-0.1, -0.05) is 24.3 Å².